The molecule has 0 spiro atoms. The van der Waals surface area contributed by atoms with E-state index in [1.165, 1.54) is 6.07 Å². The summed E-state index contributed by atoms with van der Waals surface area (Å²) < 4.78 is 40.5. The zero-order valence-corrected chi connectivity index (χ0v) is 16.4. The highest BCUT2D eigenvalue weighted by molar-refractivity contribution is 7.15. The molecule has 2 saturated carbocycles. The molecule has 29 heavy (non-hydrogen) atoms. The number of anilines is 1. The van der Waals surface area contributed by atoms with Crippen molar-refractivity contribution >= 4 is 22.8 Å². The van der Waals surface area contributed by atoms with Crippen LogP contribution in [0.5, 0.6) is 0 Å². The number of nitrogens with one attached hydrogen (secondary N) is 1. The van der Waals surface area contributed by atoms with Gasteiger partial charge in [0.15, 0.2) is 5.65 Å². The second-order valence-corrected chi connectivity index (χ2v) is 9.25. The zero-order valence-electron chi connectivity index (χ0n) is 15.6. The van der Waals surface area contributed by atoms with Crippen LogP contribution in [0.1, 0.15) is 43.4 Å². The first-order chi connectivity index (χ1) is 13.8. The van der Waals surface area contributed by atoms with E-state index in [1.54, 1.807) is 10.7 Å². The molecule has 3 heterocycles. The molecule has 3 atom stereocenters. The first kappa shape index (κ1) is 18.9. The van der Waals surface area contributed by atoms with Crippen LogP contribution < -0.4 is 5.32 Å². The molecule has 2 bridgehead atoms. The van der Waals surface area contributed by atoms with Crippen molar-refractivity contribution in [3.05, 3.63) is 35.3 Å². The highest BCUT2D eigenvalue weighted by Gasteiger charge is 2.43. The van der Waals surface area contributed by atoms with Gasteiger partial charge in [0.25, 0.3) is 0 Å². The van der Waals surface area contributed by atoms with Crippen molar-refractivity contribution < 1.29 is 18.3 Å². The summed E-state index contributed by atoms with van der Waals surface area (Å²) in [7, 11) is 0. The van der Waals surface area contributed by atoms with Gasteiger partial charge < -0.3 is 10.4 Å². The van der Waals surface area contributed by atoms with Crippen molar-refractivity contribution in [2.45, 2.75) is 56.3 Å². The molecule has 2 aliphatic carbocycles. The Morgan fingerprint density at radius 2 is 2.03 bits per heavy atom. The van der Waals surface area contributed by atoms with E-state index in [0.717, 1.165) is 44.6 Å². The fourth-order valence-corrected chi connectivity index (χ4v) is 5.68. The van der Waals surface area contributed by atoms with Crippen molar-refractivity contribution in [2.75, 3.05) is 5.32 Å². The van der Waals surface area contributed by atoms with E-state index in [-0.39, 0.29) is 11.6 Å². The van der Waals surface area contributed by atoms with Crippen LogP contribution in [0.4, 0.5) is 19.0 Å². The topological polar surface area (TPSA) is 62.5 Å². The van der Waals surface area contributed by atoms with Crippen LogP contribution in [0.2, 0.25) is 0 Å². The van der Waals surface area contributed by atoms with E-state index in [9.17, 15) is 18.3 Å². The lowest BCUT2D eigenvalue weighted by Crippen LogP contribution is -2.50. The van der Waals surface area contributed by atoms with Gasteiger partial charge in [0.05, 0.1) is 17.2 Å². The molecule has 2 aliphatic rings. The Balaban J connectivity index is 1.46. The lowest BCUT2D eigenvalue weighted by Gasteiger charge is -2.48. The third-order valence-electron chi connectivity index (χ3n) is 6.24. The number of halogens is 3. The van der Waals surface area contributed by atoms with Crippen LogP contribution in [0.15, 0.2) is 30.5 Å². The molecule has 0 amide bonds. The van der Waals surface area contributed by atoms with Crippen molar-refractivity contribution in [3.63, 3.8) is 0 Å². The van der Waals surface area contributed by atoms with Gasteiger partial charge in [-0.05, 0) is 62.3 Å². The van der Waals surface area contributed by atoms with E-state index in [1.807, 2.05) is 12.1 Å². The monoisotopic (exact) mass is 422 g/mol. The SMILES string of the molecule is OC1CCC2(Nc3ccc4ncc(-c5ccc(C(F)(F)F)s5)n4n3)CCCC1C2. The Labute approximate surface area is 169 Å². The molecule has 2 fully saturated rings. The fraction of sp³-hybridized carbons (Fsp3) is 0.500. The smallest absolute Gasteiger partial charge is 0.393 e. The minimum absolute atomic E-state index is 0.0735. The Morgan fingerprint density at radius 3 is 2.83 bits per heavy atom. The second-order valence-electron chi connectivity index (χ2n) is 8.16. The number of thiophene rings is 1. The van der Waals surface area contributed by atoms with Gasteiger partial charge in [-0.15, -0.1) is 16.4 Å². The summed E-state index contributed by atoms with van der Waals surface area (Å²) in [4.78, 5) is 4.13. The van der Waals surface area contributed by atoms with Crippen molar-refractivity contribution in [1.29, 1.82) is 0 Å². The minimum atomic E-state index is -4.36. The van der Waals surface area contributed by atoms with E-state index in [2.05, 4.69) is 15.4 Å². The lowest BCUT2D eigenvalue weighted by molar-refractivity contribution is -0.134. The molecule has 0 aliphatic heterocycles. The number of aliphatic hydroxyl groups excluding tert-OH is 1. The van der Waals surface area contributed by atoms with Crippen LogP contribution in [0.3, 0.4) is 0 Å². The molecular weight excluding hydrogens is 401 g/mol. The Kier molecular flexibility index (Phi) is 4.36. The predicted octanol–water partition coefficient (Wildman–Crippen LogP) is 4.97. The van der Waals surface area contributed by atoms with E-state index in [0.29, 0.717) is 39.3 Å². The maximum atomic E-state index is 13.0. The average Bonchev–Trinajstić information content (AvgIpc) is 3.32. The summed E-state index contributed by atoms with van der Waals surface area (Å²) in [5, 5.41) is 18.4. The van der Waals surface area contributed by atoms with Gasteiger partial charge in [-0.3, -0.25) is 0 Å². The normalized spacial score (nSPS) is 27.3. The van der Waals surface area contributed by atoms with Crippen LogP contribution in [0, 0.1) is 5.92 Å². The second kappa shape index (κ2) is 6.70. The largest absolute Gasteiger partial charge is 0.425 e. The number of hydrogen-bond donors (Lipinski definition) is 2. The summed E-state index contributed by atoms with van der Waals surface area (Å²) in [6, 6.07) is 6.25. The molecule has 0 aromatic carbocycles. The quantitative estimate of drug-likeness (QED) is 0.626. The summed E-state index contributed by atoms with van der Waals surface area (Å²) in [6.07, 6.45) is 2.74. The predicted molar refractivity (Wildman–Crippen MR) is 105 cm³/mol. The molecule has 0 radical (unpaired) electrons. The number of alkyl halides is 3. The van der Waals surface area contributed by atoms with E-state index in [4.69, 9.17) is 0 Å². The molecule has 154 valence electrons. The molecule has 5 nitrogen and oxygen atoms in total. The van der Waals surface area contributed by atoms with Gasteiger partial charge in [0.1, 0.15) is 16.4 Å². The van der Waals surface area contributed by atoms with Crippen LogP contribution >= 0.6 is 11.3 Å². The molecule has 2 N–H and O–H groups in total. The van der Waals surface area contributed by atoms with Crippen molar-refractivity contribution in [3.8, 4) is 10.6 Å². The molecule has 9 heteroatoms. The Morgan fingerprint density at radius 1 is 1.17 bits per heavy atom. The van der Waals surface area contributed by atoms with Gasteiger partial charge in [0.2, 0.25) is 0 Å². The first-order valence-electron chi connectivity index (χ1n) is 9.81. The molecule has 3 aromatic rings. The molecular formula is C20H21F3N4OS. The van der Waals surface area contributed by atoms with Crippen LogP contribution in [-0.2, 0) is 6.18 Å². The average molecular weight is 422 g/mol. The summed E-state index contributed by atoms with van der Waals surface area (Å²) in [5.41, 5.74) is 1.06. The van der Waals surface area contributed by atoms with Crippen molar-refractivity contribution in [2.24, 2.45) is 5.92 Å². The third kappa shape index (κ3) is 3.40. The Bertz CT molecular complexity index is 1050. The van der Waals surface area contributed by atoms with Gasteiger partial charge in [0, 0.05) is 5.54 Å². The Hall–Kier alpha value is -2.13. The summed E-state index contributed by atoms with van der Waals surface area (Å²) in [6.45, 7) is 0. The number of rotatable bonds is 3. The number of aromatic nitrogens is 3. The third-order valence-corrected chi connectivity index (χ3v) is 7.39. The fourth-order valence-electron chi connectivity index (χ4n) is 4.81. The van der Waals surface area contributed by atoms with Crippen molar-refractivity contribution in [1.82, 2.24) is 14.6 Å². The molecule has 3 aromatic heterocycles. The zero-order chi connectivity index (χ0) is 20.2. The molecule has 5 rings (SSSR count). The minimum Gasteiger partial charge on any atom is -0.393 e. The lowest BCUT2D eigenvalue weighted by atomic mass is 9.66. The molecule has 3 unspecified atom stereocenters. The standard InChI is InChI=1S/C20H21F3N4OS/c21-20(22,23)16-4-3-15(29-16)13-11-24-18-6-5-17(26-27(13)18)25-19-8-1-2-12(10-19)14(28)7-9-19/h3-6,11-12,14,28H,1-2,7-10H2,(H,25,26). The summed E-state index contributed by atoms with van der Waals surface area (Å²) >= 11 is 0.693. The number of nitrogens with zero attached hydrogens (tertiary/aromatic N) is 3. The van der Waals surface area contributed by atoms with Crippen LogP contribution in [0.25, 0.3) is 16.2 Å². The van der Waals surface area contributed by atoms with Gasteiger partial charge in [-0.1, -0.05) is 6.42 Å². The summed E-state index contributed by atoms with van der Waals surface area (Å²) in [5.74, 6) is 1.01. The first-order valence-corrected chi connectivity index (χ1v) is 10.6. The highest BCUT2D eigenvalue weighted by atomic mass is 32.1. The van der Waals surface area contributed by atoms with Gasteiger partial charge in [-0.25, -0.2) is 9.50 Å². The van der Waals surface area contributed by atoms with E-state index >= 15 is 0 Å². The van der Waals surface area contributed by atoms with Gasteiger partial charge in [-0.2, -0.15) is 13.2 Å². The number of fused-ring (bicyclic) bond motifs is 3. The van der Waals surface area contributed by atoms with Gasteiger partial charge >= 0.3 is 6.18 Å². The number of hydrogen-bond acceptors (Lipinski definition) is 5. The highest BCUT2D eigenvalue weighted by Crippen LogP contribution is 2.44. The maximum Gasteiger partial charge on any atom is 0.425 e. The molecule has 0 saturated heterocycles. The van der Waals surface area contributed by atoms with Crippen LogP contribution in [-0.4, -0.2) is 31.3 Å². The number of imidazole rings is 1. The number of aliphatic hydroxyl groups is 1. The maximum absolute atomic E-state index is 13.0. The van der Waals surface area contributed by atoms with E-state index < -0.39 is 11.1 Å².